The number of benzene rings is 1. The molecule has 0 spiro atoms. The summed E-state index contributed by atoms with van der Waals surface area (Å²) in [5.41, 5.74) is -0.570. The van der Waals surface area contributed by atoms with E-state index >= 15 is 0 Å². The second-order valence-corrected chi connectivity index (χ2v) is 10.7. The number of amides is 1. The molecule has 0 aliphatic heterocycles. The lowest BCUT2D eigenvalue weighted by molar-refractivity contribution is 0.0474. The Kier molecular flexibility index (Phi) is 7.02. The Morgan fingerprint density at radius 3 is 2.38 bits per heavy atom. The molecule has 2 atom stereocenters. The maximum Gasteiger partial charge on any atom is 0.407 e. The van der Waals surface area contributed by atoms with Gasteiger partial charge in [0.25, 0.3) is 0 Å². The summed E-state index contributed by atoms with van der Waals surface area (Å²) >= 11 is 1.58. The van der Waals surface area contributed by atoms with Crippen LogP contribution >= 0.6 is 11.8 Å². The molecule has 0 saturated heterocycles. The zero-order chi connectivity index (χ0) is 19.4. The summed E-state index contributed by atoms with van der Waals surface area (Å²) in [4.78, 5) is 13.5. The molecule has 2 rings (SSSR count). The topological polar surface area (TPSA) is 72.5 Å². The first-order valence-corrected chi connectivity index (χ1v) is 11.8. The van der Waals surface area contributed by atoms with Gasteiger partial charge in [-0.3, -0.25) is 0 Å². The lowest BCUT2D eigenvalue weighted by atomic mass is 9.86. The first-order chi connectivity index (χ1) is 12.1. The molecule has 146 valence electrons. The van der Waals surface area contributed by atoms with Gasteiger partial charge in [0, 0.05) is 10.9 Å². The first-order valence-electron chi connectivity index (χ1n) is 8.97. The van der Waals surface area contributed by atoms with Crippen LogP contribution in [0.5, 0.6) is 0 Å². The zero-order valence-electron chi connectivity index (χ0n) is 15.9. The number of thioether (sulfide) groups is 1. The molecule has 0 radical (unpaired) electrons. The summed E-state index contributed by atoms with van der Waals surface area (Å²) in [5, 5.41) is 2.89. The number of carbonyl (C=O) groups excluding carboxylic acids is 1. The average molecular weight is 400 g/mol. The fraction of sp³-hybridized carbons (Fsp3) is 0.632. The number of sulfone groups is 1. The minimum atomic E-state index is -3.39. The summed E-state index contributed by atoms with van der Waals surface area (Å²) in [6, 6.07) is 6.82. The van der Waals surface area contributed by atoms with Crippen molar-refractivity contribution in [1.82, 2.24) is 5.32 Å². The van der Waals surface area contributed by atoms with E-state index in [0.29, 0.717) is 4.90 Å². The SMILES string of the molecule is CSc1ccc(S(=O)(=O)C[C@H]2CCCC[C@@H]2NC(=O)OC(C)(C)C)cc1. The summed E-state index contributed by atoms with van der Waals surface area (Å²) in [5.74, 6) is -0.0481. The van der Waals surface area contributed by atoms with Crippen LogP contribution in [0.3, 0.4) is 0 Å². The van der Waals surface area contributed by atoms with E-state index in [1.54, 1.807) is 23.9 Å². The van der Waals surface area contributed by atoms with Gasteiger partial charge in [0.1, 0.15) is 5.60 Å². The molecular weight excluding hydrogens is 370 g/mol. The Balaban J connectivity index is 2.07. The highest BCUT2D eigenvalue weighted by Gasteiger charge is 2.32. The van der Waals surface area contributed by atoms with Crippen molar-refractivity contribution in [2.75, 3.05) is 12.0 Å². The highest BCUT2D eigenvalue weighted by molar-refractivity contribution is 7.98. The molecule has 1 fully saturated rings. The van der Waals surface area contributed by atoms with Gasteiger partial charge in [0.2, 0.25) is 0 Å². The van der Waals surface area contributed by atoms with Gasteiger partial charge in [0.15, 0.2) is 9.84 Å². The van der Waals surface area contributed by atoms with E-state index in [4.69, 9.17) is 4.74 Å². The van der Waals surface area contributed by atoms with Crippen LogP contribution in [-0.2, 0) is 14.6 Å². The van der Waals surface area contributed by atoms with E-state index in [-0.39, 0.29) is 17.7 Å². The van der Waals surface area contributed by atoms with E-state index in [1.165, 1.54) is 0 Å². The number of hydrogen-bond donors (Lipinski definition) is 1. The molecule has 1 aliphatic rings. The van der Waals surface area contributed by atoms with Crippen LogP contribution in [0.4, 0.5) is 4.79 Å². The maximum atomic E-state index is 12.8. The van der Waals surface area contributed by atoms with Gasteiger partial charge in [-0.1, -0.05) is 12.8 Å². The second kappa shape index (κ2) is 8.65. The number of carbonyl (C=O) groups is 1. The summed E-state index contributed by atoms with van der Waals surface area (Å²) in [6.45, 7) is 5.44. The quantitative estimate of drug-likeness (QED) is 0.749. The van der Waals surface area contributed by atoms with Crippen molar-refractivity contribution in [3.63, 3.8) is 0 Å². The van der Waals surface area contributed by atoms with Gasteiger partial charge in [0.05, 0.1) is 10.6 Å². The molecule has 1 aromatic carbocycles. The predicted octanol–water partition coefficient (Wildman–Crippen LogP) is 4.27. The third kappa shape index (κ3) is 6.20. The zero-order valence-corrected chi connectivity index (χ0v) is 17.6. The second-order valence-electron chi connectivity index (χ2n) is 7.75. The van der Waals surface area contributed by atoms with Crippen LogP contribution in [0.1, 0.15) is 46.5 Å². The van der Waals surface area contributed by atoms with E-state index in [0.717, 1.165) is 30.6 Å². The Morgan fingerprint density at radius 1 is 1.19 bits per heavy atom. The fourth-order valence-electron chi connectivity index (χ4n) is 3.22. The highest BCUT2D eigenvalue weighted by Crippen LogP contribution is 2.28. The number of ether oxygens (including phenoxy) is 1. The van der Waals surface area contributed by atoms with Crippen LogP contribution in [-0.4, -0.2) is 38.2 Å². The number of nitrogens with one attached hydrogen (secondary N) is 1. The molecule has 1 amide bonds. The smallest absolute Gasteiger partial charge is 0.407 e. The van der Waals surface area contributed by atoms with Crippen molar-refractivity contribution in [1.29, 1.82) is 0 Å². The molecule has 0 aromatic heterocycles. The third-order valence-electron chi connectivity index (χ3n) is 4.46. The van der Waals surface area contributed by atoms with Crippen molar-refractivity contribution in [2.24, 2.45) is 5.92 Å². The molecule has 7 heteroatoms. The lowest BCUT2D eigenvalue weighted by Crippen LogP contribution is -2.46. The molecule has 1 aromatic rings. The van der Waals surface area contributed by atoms with Crippen LogP contribution in [0.2, 0.25) is 0 Å². The minimum Gasteiger partial charge on any atom is -0.444 e. The van der Waals surface area contributed by atoms with Gasteiger partial charge >= 0.3 is 6.09 Å². The molecular formula is C19H29NO4S2. The maximum absolute atomic E-state index is 12.8. The van der Waals surface area contributed by atoms with Gasteiger partial charge < -0.3 is 10.1 Å². The molecule has 1 aliphatic carbocycles. The van der Waals surface area contributed by atoms with Crippen LogP contribution in [0, 0.1) is 5.92 Å². The Bertz CT molecular complexity index is 708. The first kappa shape index (κ1) is 21.1. The normalized spacial score (nSPS) is 21.2. The molecule has 1 N–H and O–H groups in total. The molecule has 0 heterocycles. The Labute approximate surface area is 161 Å². The Hall–Kier alpha value is -1.21. The molecule has 0 bridgehead atoms. The van der Waals surface area contributed by atoms with Crippen molar-refractivity contribution >= 4 is 27.7 Å². The van der Waals surface area contributed by atoms with Crippen molar-refractivity contribution in [2.45, 2.75) is 67.9 Å². The van der Waals surface area contributed by atoms with Crippen molar-refractivity contribution in [3.05, 3.63) is 24.3 Å². The lowest BCUT2D eigenvalue weighted by Gasteiger charge is -2.32. The standard InChI is InChI=1S/C19H29NO4S2/c1-19(2,3)24-18(21)20-17-8-6-5-7-14(17)13-26(22,23)16-11-9-15(25-4)10-12-16/h9-12,14,17H,5-8,13H2,1-4H3,(H,20,21)/t14-,17+/m1/s1. The number of alkyl carbamates (subject to hydrolysis) is 1. The predicted molar refractivity (Wildman–Crippen MR) is 105 cm³/mol. The van der Waals surface area contributed by atoms with Crippen molar-refractivity contribution in [3.8, 4) is 0 Å². The summed E-state index contributed by atoms with van der Waals surface area (Å²) in [7, 11) is -3.39. The highest BCUT2D eigenvalue weighted by atomic mass is 32.2. The minimum absolute atomic E-state index is 0.0477. The molecule has 26 heavy (non-hydrogen) atoms. The third-order valence-corrected chi connectivity index (χ3v) is 7.06. The summed E-state index contributed by atoms with van der Waals surface area (Å²) < 4.78 is 30.9. The van der Waals surface area contributed by atoms with E-state index in [9.17, 15) is 13.2 Å². The molecule has 5 nitrogen and oxygen atoms in total. The molecule has 0 unspecified atom stereocenters. The summed E-state index contributed by atoms with van der Waals surface area (Å²) in [6.07, 6.45) is 5.03. The average Bonchev–Trinajstić information content (AvgIpc) is 2.55. The van der Waals surface area contributed by atoms with Crippen LogP contribution in [0.25, 0.3) is 0 Å². The number of rotatable bonds is 5. The fourth-order valence-corrected chi connectivity index (χ4v) is 5.33. The molecule has 1 saturated carbocycles. The van der Waals surface area contributed by atoms with Crippen LogP contribution < -0.4 is 5.32 Å². The van der Waals surface area contributed by atoms with E-state index in [2.05, 4.69) is 5.32 Å². The van der Waals surface area contributed by atoms with Gasteiger partial charge in [-0.25, -0.2) is 13.2 Å². The largest absolute Gasteiger partial charge is 0.444 e. The van der Waals surface area contributed by atoms with E-state index < -0.39 is 21.5 Å². The van der Waals surface area contributed by atoms with Gasteiger partial charge in [-0.05, 0) is 70.1 Å². The Morgan fingerprint density at radius 2 is 1.81 bits per heavy atom. The number of hydrogen-bond acceptors (Lipinski definition) is 5. The monoisotopic (exact) mass is 399 g/mol. The van der Waals surface area contributed by atoms with Gasteiger partial charge in [-0.15, -0.1) is 11.8 Å². The van der Waals surface area contributed by atoms with Gasteiger partial charge in [-0.2, -0.15) is 0 Å². The van der Waals surface area contributed by atoms with Crippen molar-refractivity contribution < 1.29 is 17.9 Å². The van der Waals surface area contributed by atoms with E-state index in [1.807, 2.05) is 39.2 Å². The van der Waals surface area contributed by atoms with Crippen LogP contribution in [0.15, 0.2) is 34.1 Å².